The second-order valence-electron chi connectivity index (χ2n) is 3.63. The van der Waals surface area contributed by atoms with Gasteiger partial charge in [0.15, 0.2) is 5.82 Å². The number of aromatic nitrogens is 5. The van der Waals surface area contributed by atoms with E-state index >= 15 is 0 Å². The van der Waals surface area contributed by atoms with Crippen LogP contribution >= 0.6 is 0 Å². The minimum Gasteiger partial charge on any atom is -0.297 e. The molecule has 2 aromatic rings. The first-order chi connectivity index (χ1) is 8.54. The third-order valence-electron chi connectivity index (χ3n) is 2.26. The van der Waals surface area contributed by atoms with Crippen LogP contribution < -0.4 is 5.14 Å². The van der Waals surface area contributed by atoms with Gasteiger partial charge in [0.2, 0.25) is 0 Å². The lowest BCUT2D eigenvalue weighted by Gasteiger charge is -2.06. The largest absolute Gasteiger partial charge is 0.297 e. The summed E-state index contributed by atoms with van der Waals surface area (Å²) in [7, 11) is -3.89. The minimum absolute atomic E-state index is 0.240. The Hall–Kier alpha value is -1.87. The van der Waals surface area contributed by atoms with Crippen molar-refractivity contribution < 1.29 is 8.42 Å². The number of nitrogens with zero attached hydrogens (tertiary/aromatic N) is 5. The van der Waals surface area contributed by atoms with Gasteiger partial charge in [-0.15, -0.1) is 10.2 Å². The molecule has 2 aromatic heterocycles. The highest BCUT2D eigenvalue weighted by Gasteiger charge is 2.21. The van der Waals surface area contributed by atoms with Crippen molar-refractivity contribution in [1.82, 2.24) is 25.0 Å². The molecular formula is C9H12N6O2S. The third kappa shape index (κ3) is 2.36. The monoisotopic (exact) mass is 268 g/mol. The number of hydrogen-bond donors (Lipinski definition) is 1. The summed E-state index contributed by atoms with van der Waals surface area (Å²) in [5.74, 6) is 0.413. The van der Waals surface area contributed by atoms with E-state index in [1.807, 2.05) is 6.92 Å². The lowest BCUT2D eigenvalue weighted by molar-refractivity contribution is 0.559. The fraction of sp³-hybridized carbons (Fsp3) is 0.333. The Morgan fingerprint density at radius 2 is 2.11 bits per heavy atom. The van der Waals surface area contributed by atoms with E-state index in [9.17, 15) is 8.42 Å². The molecule has 9 heteroatoms. The van der Waals surface area contributed by atoms with E-state index in [-0.39, 0.29) is 5.16 Å². The molecule has 0 amide bonds. The van der Waals surface area contributed by atoms with Crippen LogP contribution in [0, 0.1) is 0 Å². The molecule has 8 nitrogen and oxygen atoms in total. The average molecular weight is 268 g/mol. The Morgan fingerprint density at radius 1 is 1.33 bits per heavy atom. The summed E-state index contributed by atoms with van der Waals surface area (Å²) in [6.07, 6.45) is 3.71. The molecule has 0 atom stereocenters. The molecule has 2 rings (SSSR count). The molecular weight excluding hydrogens is 256 g/mol. The molecule has 2 N–H and O–H groups in total. The zero-order valence-corrected chi connectivity index (χ0v) is 10.5. The highest BCUT2D eigenvalue weighted by Crippen LogP contribution is 2.18. The minimum atomic E-state index is -3.89. The second kappa shape index (κ2) is 4.78. The van der Waals surface area contributed by atoms with Crippen LogP contribution in [0.3, 0.4) is 0 Å². The average Bonchev–Trinajstić information content (AvgIpc) is 2.74. The van der Waals surface area contributed by atoms with Crippen LogP contribution in [0.5, 0.6) is 0 Å². The number of primary sulfonamides is 1. The topological polar surface area (TPSA) is 117 Å². The van der Waals surface area contributed by atoms with Gasteiger partial charge in [0.1, 0.15) is 0 Å². The Labute approximate surface area is 104 Å². The highest BCUT2D eigenvalue weighted by atomic mass is 32.2. The van der Waals surface area contributed by atoms with Gasteiger partial charge in [0, 0.05) is 12.1 Å². The fourth-order valence-electron chi connectivity index (χ4n) is 1.56. The van der Waals surface area contributed by atoms with Gasteiger partial charge in [-0.2, -0.15) is 10.2 Å². The van der Waals surface area contributed by atoms with Gasteiger partial charge in [-0.3, -0.25) is 4.57 Å². The maximum Gasteiger partial charge on any atom is 0.273 e. The summed E-state index contributed by atoms with van der Waals surface area (Å²) in [6.45, 7) is 2.37. The summed E-state index contributed by atoms with van der Waals surface area (Å²) in [5, 5.41) is 19.7. The Kier molecular flexibility index (Phi) is 3.34. The molecule has 18 heavy (non-hydrogen) atoms. The molecule has 0 aliphatic rings. The van der Waals surface area contributed by atoms with E-state index in [1.165, 1.54) is 17.0 Å². The molecule has 0 aromatic carbocycles. The summed E-state index contributed by atoms with van der Waals surface area (Å²) >= 11 is 0. The summed E-state index contributed by atoms with van der Waals surface area (Å²) in [4.78, 5) is 0. The van der Waals surface area contributed by atoms with Crippen molar-refractivity contribution in [2.75, 3.05) is 0 Å². The van der Waals surface area contributed by atoms with Crippen molar-refractivity contribution in [2.45, 2.75) is 25.0 Å². The van der Waals surface area contributed by atoms with Crippen molar-refractivity contribution in [3.8, 4) is 11.4 Å². The van der Waals surface area contributed by atoms with Gasteiger partial charge in [-0.25, -0.2) is 13.6 Å². The highest BCUT2D eigenvalue weighted by molar-refractivity contribution is 7.89. The maximum absolute atomic E-state index is 11.4. The first kappa shape index (κ1) is 12.6. The fourth-order valence-corrected chi connectivity index (χ4v) is 2.20. The molecule has 96 valence electrons. The summed E-state index contributed by atoms with van der Waals surface area (Å²) in [5.41, 5.74) is 0.640. The number of sulfonamides is 1. The van der Waals surface area contributed by atoms with Crippen molar-refractivity contribution in [3.63, 3.8) is 0 Å². The van der Waals surface area contributed by atoms with E-state index < -0.39 is 10.0 Å². The Bertz CT molecular complexity index is 636. The van der Waals surface area contributed by atoms with Gasteiger partial charge in [-0.1, -0.05) is 6.92 Å². The van der Waals surface area contributed by atoms with Gasteiger partial charge in [0.05, 0.1) is 12.4 Å². The Morgan fingerprint density at radius 3 is 2.67 bits per heavy atom. The van der Waals surface area contributed by atoms with E-state index in [0.29, 0.717) is 17.9 Å². The van der Waals surface area contributed by atoms with E-state index in [2.05, 4.69) is 20.4 Å². The SMILES string of the molecule is CCCn1c(-c2ccnnc2)nnc1S(N)(=O)=O. The molecule has 0 bridgehead atoms. The number of hydrogen-bond acceptors (Lipinski definition) is 6. The summed E-state index contributed by atoms with van der Waals surface area (Å²) < 4.78 is 24.3. The standard InChI is InChI=1S/C9H12N6O2S/c1-2-5-15-8(7-3-4-11-12-6-7)13-14-9(15)18(10,16)17/h3-4,6H,2,5H2,1H3,(H2,10,16,17). The predicted molar refractivity (Wildman–Crippen MR) is 62.7 cm³/mol. The molecule has 0 saturated carbocycles. The van der Waals surface area contributed by atoms with Gasteiger partial charge < -0.3 is 0 Å². The first-order valence-electron chi connectivity index (χ1n) is 5.27. The van der Waals surface area contributed by atoms with Crippen LogP contribution in [0.1, 0.15) is 13.3 Å². The molecule has 0 aliphatic heterocycles. The van der Waals surface area contributed by atoms with Gasteiger partial charge >= 0.3 is 0 Å². The molecule has 0 saturated heterocycles. The molecule has 0 radical (unpaired) electrons. The van der Waals surface area contributed by atoms with Gasteiger partial charge in [0.25, 0.3) is 15.2 Å². The van der Waals surface area contributed by atoms with E-state index in [0.717, 1.165) is 6.42 Å². The van der Waals surface area contributed by atoms with Crippen LogP contribution in [0.4, 0.5) is 0 Å². The quantitative estimate of drug-likeness (QED) is 0.820. The second-order valence-corrected chi connectivity index (χ2v) is 5.09. The Balaban J connectivity index is 2.60. The van der Waals surface area contributed by atoms with Crippen LogP contribution in [0.15, 0.2) is 23.6 Å². The zero-order valence-electron chi connectivity index (χ0n) is 9.68. The lowest BCUT2D eigenvalue weighted by atomic mass is 10.3. The summed E-state index contributed by atoms with van der Waals surface area (Å²) in [6, 6.07) is 1.68. The molecule has 0 fully saturated rings. The van der Waals surface area contributed by atoms with Crippen molar-refractivity contribution >= 4 is 10.0 Å². The smallest absolute Gasteiger partial charge is 0.273 e. The van der Waals surface area contributed by atoms with Crippen LogP contribution in [0.2, 0.25) is 0 Å². The molecule has 0 aliphatic carbocycles. The predicted octanol–water partition coefficient (Wildman–Crippen LogP) is -0.207. The van der Waals surface area contributed by atoms with Crippen LogP contribution in [0.25, 0.3) is 11.4 Å². The number of rotatable bonds is 4. The lowest BCUT2D eigenvalue weighted by Crippen LogP contribution is -2.19. The maximum atomic E-state index is 11.4. The van der Waals surface area contributed by atoms with Crippen molar-refractivity contribution in [2.24, 2.45) is 5.14 Å². The van der Waals surface area contributed by atoms with Crippen molar-refractivity contribution in [1.29, 1.82) is 0 Å². The normalized spacial score (nSPS) is 11.7. The molecule has 0 unspecified atom stereocenters. The van der Waals surface area contributed by atoms with Crippen LogP contribution in [-0.4, -0.2) is 33.4 Å². The molecule has 2 heterocycles. The van der Waals surface area contributed by atoms with Gasteiger partial charge in [-0.05, 0) is 12.5 Å². The van der Waals surface area contributed by atoms with Crippen molar-refractivity contribution in [3.05, 3.63) is 18.5 Å². The van der Waals surface area contributed by atoms with E-state index in [4.69, 9.17) is 5.14 Å². The third-order valence-corrected chi connectivity index (χ3v) is 3.07. The number of nitrogens with two attached hydrogens (primary N) is 1. The zero-order chi connectivity index (χ0) is 13.2. The first-order valence-corrected chi connectivity index (χ1v) is 6.81. The molecule has 0 spiro atoms. The van der Waals surface area contributed by atoms with Crippen LogP contribution in [-0.2, 0) is 16.6 Å². The van der Waals surface area contributed by atoms with E-state index in [1.54, 1.807) is 6.07 Å².